The molecule has 0 radical (unpaired) electrons. The molecule has 0 aliphatic carbocycles. The van der Waals surface area contributed by atoms with Crippen LogP contribution in [0, 0.1) is 0 Å². The number of carbonyl (C=O) groups excluding carboxylic acids is 2. The Morgan fingerprint density at radius 1 is 0.906 bits per heavy atom. The highest BCUT2D eigenvalue weighted by Gasteiger charge is 2.22. The minimum Gasteiger partial charge on any atom is -0.467 e. The van der Waals surface area contributed by atoms with E-state index in [0.29, 0.717) is 12.8 Å². The van der Waals surface area contributed by atoms with Crippen LogP contribution in [0.2, 0.25) is 0 Å². The van der Waals surface area contributed by atoms with Gasteiger partial charge in [-0.15, -0.1) is 12.4 Å². The molecule has 0 bridgehead atoms. The molecule has 0 aliphatic rings. The number of H-pyrrole nitrogens is 1. The maximum atomic E-state index is 12.2. The van der Waals surface area contributed by atoms with Crippen molar-refractivity contribution in [3.8, 4) is 0 Å². The van der Waals surface area contributed by atoms with Gasteiger partial charge in [0.1, 0.15) is 6.04 Å². The monoisotopic (exact) mass is 471 g/mol. The van der Waals surface area contributed by atoms with E-state index in [9.17, 15) is 9.59 Å². The van der Waals surface area contributed by atoms with Gasteiger partial charge in [0.05, 0.1) is 13.4 Å². The molecule has 0 saturated carbocycles. The first kappa shape index (κ1) is 30.4. The third-order valence-electron chi connectivity index (χ3n) is 5.81. The molecule has 1 atom stereocenters. The number of amides is 1. The Bertz CT molecular complexity index is 567. The van der Waals surface area contributed by atoms with Crippen LogP contribution in [0.3, 0.4) is 0 Å². The standard InChI is InChI=1S/C25H45N3O3.ClH/c1-3-4-5-6-7-8-9-10-11-12-13-14-15-16-17-18-24(29)28-23(25(30)31-2)19-22-20-26-21-27-22;/h20-21,23H,3-19H2,1-2H3,(H,26,27)(H,28,29);1H/t23-;/m0./s1. The minimum atomic E-state index is -0.672. The van der Waals surface area contributed by atoms with Gasteiger partial charge in [0.2, 0.25) is 5.91 Å². The average Bonchev–Trinajstić information content (AvgIpc) is 3.28. The van der Waals surface area contributed by atoms with Crippen molar-refractivity contribution >= 4 is 24.3 Å². The Morgan fingerprint density at radius 2 is 1.41 bits per heavy atom. The summed E-state index contributed by atoms with van der Waals surface area (Å²) in [4.78, 5) is 31.0. The first-order chi connectivity index (χ1) is 15.2. The molecule has 6 nitrogen and oxygen atoms in total. The van der Waals surface area contributed by atoms with E-state index in [1.165, 1.54) is 90.6 Å². The quantitative estimate of drug-likeness (QED) is 0.173. The van der Waals surface area contributed by atoms with E-state index >= 15 is 0 Å². The predicted octanol–water partition coefficient (Wildman–Crippen LogP) is 6.29. The van der Waals surface area contributed by atoms with Crippen LogP contribution >= 0.6 is 12.4 Å². The minimum absolute atomic E-state index is 0. The molecular formula is C25H46ClN3O3. The zero-order valence-electron chi connectivity index (χ0n) is 20.3. The van der Waals surface area contributed by atoms with Crippen LogP contribution in [0.25, 0.3) is 0 Å². The lowest BCUT2D eigenvalue weighted by molar-refractivity contribution is -0.145. The van der Waals surface area contributed by atoms with E-state index in [0.717, 1.165) is 18.5 Å². The Hall–Kier alpha value is -1.56. The van der Waals surface area contributed by atoms with E-state index in [1.807, 2.05) is 0 Å². The number of hydrogen-bond acceptors (Lipinski definition) is 4. The van der Waals surface area contributed by atoms with Crippen molar-refractivity contribution in [2.45, 2.75) is 122 Å². The van der Waals surface area contributed by atoms with E-state index in [1.54, 1.807) is 12.5 Å². The van der Waals surface area contributed by atoms with E-state index < -0.39 is 12.0 Å². The zero-order valence-corrected chi connectivity index (χ0v) is 21.1. The molecule has 0 aromatic carbocycles. The van der Waals surface area contributed by atoms with E-state index in [-0.39, 0.29) is 18.3 Å². The van der Waals surface area contributed by atoms with Gasteiger partial charge in [-0.3, -0.25) is 4.79 Å². The number of ether oxygens (including phenoxy) is 1. The number of imidazole rings is 1. The summed E-state index contributed by atoms with van der Waals surface area (Å²) in [6.07, 6.45) is 23.5. The third kappa shape index (κ3) is 16.1. The first-order valence-corrected chi connectivity index (χ1v) is 12.5. The summed E-state index contributed by atoms with van der Waals surface area (Å²) in [5, 5.41) is 2.79. The molecule has 0 spiro atoms. The number of aromatic nitrogens is 2. The highest BCUT2D eigenvalue weighted by molar-refractivity contribution is 5.85. The highest BCUT2D eigenvalue weighted by Crippen LogP contribution is 2.13. The van der Waals surface area contributed by atoms with Crippen molar-refractivity contribution in [3.63, 3.8) is 0 Å². The maximum Gasteiger partial charge on any atom is 0.328 e. The van der Waals surface area contributed by atoms with Gasteiger partial charge in [0.25, 0.3) is 0 Å². The number of nitrogens with one attached hydrogen (secondary N) is 2. The molecule has 0 fully saturated rings. The van der Waals surface area contributed by atoms with Gasteiger partial charge < -0.3 is 15.0 Å². The molecule has 32 heavy (non-hydrogen) atoms. The molecule has 0 saturated heterocycles. The molecule has 1 rings (SSSR count). The fourth-order valence-corrected chi connectivity index (χ4v) is 3.88. The van der Waals surface area contributed by atoms with Crippen LogP contribution in [0.1, 0.15) is 115 Å². The molecular weight excluding hydrogens is 426 g/mol. The number of unbranched alkanes of at least 4 members (excludes halogenated alkanes) is 14. The largest absolute Gasteiger partial charge is 0.467 e. The van der Waals surface area contributed by atoms with Crippen LogP contribution in [0.5, 0.6) is 0 Å². The normalized spacial score (nSPS) is 11.6. The summed E-state index contributed by atoms with van der Waals surface area (Å²) in [5.74, 6) is -0.524. The summed E-state index contributed by atoms with van der Waals surface area (Å²) in [6.45, 7) is 2.27. The summed E-state index contributed by atoms with van der Waals surface area (Å²) >= 11 is 0. The molecule has 186 valence electrons. The van der Waals surface area contributed by atoms with Crippen LogP contribution in [-0.4, -0.2) is 35.0 Å². The number of carbonyl (C=O) groups is 2. The molecule has 1 heterocycles. The van der Waals surface area contributed by atoms with Crippen LogP contribution in [-0.2, 0) is 20.7 Å². The zero-order chi connectivity index (χ0) is 22.6. The molecule has 1 aromatic heterocycles. The van der Waals surface area contributed by atoms with Gasteiger partial charge in [-0.05, 0) is 6.42 Å². The molecule has 0 aliphatic heterocycles. The number of halogens is 1. The SMILES string of the molecule is CCCCCCCCCCCCCCCCCC(=O)N[C@@H](Cc1cnc[nH]1)C(=O)OC.Cl. The lowest BCUT2D eigenvalue weighted by Gasteiger charge is -2.15. The number of esters is 1. The number of rotatable bonds is 20. The predicted molar refractivity (Wildman–Crippen MR) is 133 cm³/mol. The molecule has 0 unspecified atom stereocenters. The van der Waals surface area contributed by atoms with E-state index in [2.05, 4.69) is 22.2 Å². The number of nitrogens with zero attached hydrogens (tertiary/aromatic N) is 1. The molecule has 1 aromatic rings. The number of methoxy groups -OCH3 is 1. The Morgan fingerprint density at radius 3 is 1.84 bits per heavy atom. The Labute approximate surface area is 201 Å². The number of hydrogen-bond donors (Lipinski definition) is 2. The second kappa shape index (κ2) is 21.3. The van der Waals surface area contributed by atoms with Crippen LogP contribution < -0.4 is 5.32 Å². The van der Waals surface area contributed by atoms with Crippen LogP contribution in [0.15, 0.2) is 12.5 Å². The van der Waals surface area contributed by atoms with Gasteiger partial charge >= 0.3 is 5.97 Å². The summed E-state index contributed by atoms with van der Waals surface area (Å²) in [5.41, 5.74) is 0.794. The second-order valence-electron chi connectivity index (χ2n) is 8.62. The first-order valence-electron chi connectivity index (χ1n) is 12.5. The molecule has 2 N–H and O–H groups in total. The fraction of sp³-hybridized carbons (Fsp3) is 0.800. The molecule has 1 amide bonds. The van der Waals surface area contributed by atoms with Gasteiger partial charge in [-0.25, -0.2) is 9.78 Å². The van der Waals surface area contributed by atoms with Crippen molar-refractivity contribution in [1.82, 2.24) is 15.3 Å². The van der Waals surface area contributed by atoms with Gasteiger partial charge in [0, 0.05) is 24.7 Å². The smallest absolute Gasteiger partial charge is 0.328 e. The summed E-state index contributed by atoms with van der Waals surface area (Å²) < 4.78 is 4.81. The Kier molecular flexibility index (Phi) is 20.3. The fourth-order valence-electron chi connectivity index (χ4n) is 3.88. The lowest BCUT2D eigenvalue weighted by atomic mass is 10.0. The van der Waals surface area contributed by atoms with Crippen molar-refractivity contribution in [2.24, 2.45) is 0 Å². The van der Waals surface area contributed by atoms with Crippen molar-refractivity contribution in [1.29, 1.82) is 0 Å². The average molecular weight is 472 g/mol. The highest BCUT2D eigenvalue weighted by atomic mass is 35.5. The lowest BCUT2D eigenvalue weighted by Crippen LogP contribution is -2.43. The van der Waals surface area contributed by atoms with E-state index in [4.69, 9.17) is 4.74 Å². The van der Waals surface area contributed by atoms with Gasteiger partial charge in [0.15, 0.2) is 0 Å². The Balaban J connectivity index is 0.00000961. The van der Waals surface area contributed by atoms with Gasteiger partial charge in [-0.2, -0.15) is 0 Å². The summed E-state index contributed by atoms with van der Waals surface area (Å²) in [6, 6.07) is -0.672. The topological polar surface area (TPSA) is 84.1 Å². The van der Waals surface area contributed by atoms with Gasteiger partial charge in [-0.1, -0.05) is 96.8 Å². The maximum absolute atomic E-state index is 12.2. The van der Waals surface area contributed by atoms with Crippen molar-refractivity contribution in [3.05, 3.63) is 18.2 Å². The molecule has 7 heteroatoms. The summed E-state index contributed by atoms with van der Waals surface area (Å²) in [7, 11) is 1.34. The number of aromatic amines is 1. The van der Waals surface area contributed by atoms with Crippen molar-refractivity contribution < 1.29 is 14.3 Å². The van der Waals surface area contributed by atoms with Crippen molar-refractivity contribution in [2.75, 3.05) is 7.11 Å². The third-order valence-corrected chi connectivity index (χ3v) is 5.81. The van der Waals surface area contributed by atoms with Crippen LogP contribution in [0.4, 0.5) is 0 Å². The second-order valence-corrected chi connectivity index (χ2v) is 8.62.